The summed E-state index contributed by atoms with van der Waals surface area (Å²) in [4.78, 5) is 0. The zero-order chi connectivity index (χ0) is 13.4. The highest BCUT2D eigenvalue weighted by molar-refractivity contribution is 6.69. The Kier molecular flexibility index (Phi) is 6.83. The lowest BCUT2D eigenvalue weighted by molar-refractivity contribution is 0.0967. The Labute approximate surface area is 114 Å². The second kappa shape index (κ2) is 7.88. The Morgan fingerprint density at radius 1 is 1.17 bits per heavy atom. The molecule has 18 heavy (non-hydrogen) atoms. The minimum atomic E-state index is -1.56. The van der Waals surface area contributed by atoms with Gasteiger partial charge in [-0.25, -0.2) is 0 Å². The molecule has 0 amide bonds. The van der Waals surface area contributed by atoms with Gasteiger partial charge < -0.3 is 9.16 Å². The summed E-state index contributed by atoms with van der Waals surface area (Å²) in [7, 11) is -1.56. The first-order valence-electron chi connectivity index (χ1n) is 7.55. The highest BCUT2D eigenvalue weighted by atomic mass is 28.4. The molecule has 1 aliphatic carbocycles. The fraction of sp³-hybridized carbons (Fsp3) is 0.867. The number of rotatable bonds is 7. The van der Waals surface area contributed by atoms with E-state index in [1.807, 2.05) is 0 Å². The quantitative estimate of drug-likeness (QED) is 0.365. The zero-order valence-electron chi connectivity index (χ0n) is 12.6. The van der Waals surface area contributed by atoms with Gasteiger partial charge in [-0.1, -0.05) is 32.6 Å². The summed E-state index contributed by atoms with van der Waals surface area (Å²) in [6.07, 6.45) is 11.2. The first kappa shape index (κ1) is 15.6. The van der Waals surface area contributed by atoms with E-state index < -0.39 is 8.32 Å². The van der Waals surface area contributed by atoms with Crippen molar-refractivity contribution < 1.29 is 9.16 Å². The number of ether oxygens (including phenoxy) is 1. The molecule has 0 saturated heterocycles. The highest BCUT2D eigenvalue weighted by Crippen LogP contribution is 2.27. The van der Waals surface area contributed by atoms with Gasteiger partial charge in [-0.05, 0) is 50.9 Å². The molecule has 0 aromatic heterocycles. The van der Waals surface area contributed by atoms with Gasteiger partial charge in [0.1, 0.15) is 0 Å². The lowest BCUT2D eigenvalue weighted by atomic mass is 9.89. The maximum absolute atomic E-state index is 6.06. The Hall–Kier alpha value is -0.443. The van der Waals surface area contributed by atoms with E-state index >= 15 is 0 Å². The predicted molar refractivity (Wildman–Crippen MR) is 79.9 cm³/mol. The van der Waals surface area contributed by atoms with Crippen LogP contribution in [0.4, 0.5) is 0 Å². The van der Waals surface area contributed by atoms with E-state index in [4.69, 9.17) is 9.16 Å². The molecule has 0 spiro atoms. The molecular weight excluding hydrogens is 240 g/mol. The van der Waals surface area contributed by atoms with Crippen LogP contribution in [0, 0.1) is 5.92 Å². The van der Waals surface area contributed by atoms with Crippen LogP contribution in [0.2, 0.25) is 19.6 Å². The fourth-order valence-corrected chi connectivity index (χ4v) is 2.95. The molecule has 0 N–H and O–H groups in total. The third-order valence-electron chi connectivity index (χ3n) is 3.17. The van der Waals surface area contributed by atoms with Crippen molar-refractivity contribution in [3.8, 4) is 0 Å². The van der Waals surface area contributed by atoms with Gasteiger partial charge in [0.25, 0.3) is 5.95 Å². The van der Waals surface area contributed by atoms with E-state index in [1.54, 1.807) is 0 Å². The minimum Gasteiger partial charge on any atom is -0.520 e. The second-order valence-corrected chi connectivity index (χ2v) is 10.7. The van der Waals surface area contributed by atoms with E-state index in [1.165, 1.54) is 38.5 Å². The summed E-state index contributed by atoms with van der Waals surface area (Å²) in [5.74, 6) is 1.49. The molecule has 0 radical (unpaired) electrons. The van der Waals surface area contributed by atoms with Gasteiger partial charge in [0.05, 0.1) is 6.61 Å². The molecular formula is C15H30O2Si. The van der Waals surface area contributed by atoms with Gasteiger partial charge in [-0.2, -0.15) is 0 Å². The standard InChI is InChI=1S/C15H30O2Si/c1-5-6-12-16-15(17-18(2,3)4)13-14-10-8-7-9-11-14/h13-14H,5-12H2,1-4H3/b15-13+. The second-order valence-electron chi connectivity index (χ2n) is 6.30. The number of allylic oxidation sites excluding steroid dienone is 1. The molecule has 0 atom stereocenters. The molecule has 2 nitrogen and oxygen atoms in total. The van der Waals surface area contributed by atoms with E-state index in [0.717, 1.165) is 19.0 Å². The minimum absolute atomic E-state index is 0.673. The van der Waals surface area contributed by atoms with E-state index in [2.05, 4.69) is 32.6 Å². The third kappa shape index (κ3) is 7.09. The summed E-state index contributed by atoms with van der Waals surface area (Å²) in [6.45, 7) is 9.62. The van der Waals surface area contributed by atoms with Gasteiger partial charge in [0.2, 0.25) is 8.32 Å². The van der Waals surface area contributed by atoms with Crippen molar-refractivity contribution in [2.24, 2.45) is 5.92 Å². The highest BCUT2D eigenvalue weighted by Gasteiger charge is 2.20. The van der Waals surface area contributed by atoms with E-state index in [-0.39, 0.29) is 0 Å². The maximum Gasteiger partial charge on any atom is 0.261 e. The molecule has 0 unspecified atom stereocenters. The normalized spacial score (nSPS) is 18.8. The van der Waals surface area contributed by atoms with Crippen molar-refractivity contribution in [3.63, 3.8) is 0 Å². The molecule has 0 heterocycles. The molecule has 3 heteroatoms. The smallest absolute Gasteiger partial charge is 0.261 e. The average molecular weight is 270 g/mol. The Morgan fingerprint density at radius 3 is 2.39 bits per heavy atom. The van der Waals surface area contributed by atoms with Gasteiger partial charge >= 0.3 is 0 Å². The van der Waals surface area contributed by atoms with Crippen molar-refractivity contribution in [1.29, 1.82) is 0 Å². The van der Waals surface area contributed by atoms with E-state index in [9.17, 15) is 0 Å². The predicted octanol–water partition coefficient (Wildman–Crippen LogP) is 5.08. The van der Waals surface area contributed by atoms with Crippen LogP contribution in [0.25, 0.3) is 0 Å². The number of hydrogen-bond acceptors (Lipinski definition) is 2. The van der Waals surface area contributed by atoms with Crippen LogP contribution in [0.5, 0.6) is 0 Å². The van der Waals surface area contributed by atoms with Crippen LogP contribution in [0.15, 0.2) is 12.0 Å². The lowest BCUT2D eigenvalue weighted by Gasteiger charge is -2.24. The molecule has 0 aromatic rings. The third-order valence-corrected chi connectivity index (χ3v) is 3.98. The van der Waals surface area contributed by atoms with Crippen molar-refractivity contribution in [2.75, 3.05) is 6.61 Å². The van der Waals surface area contributed by atoms with Gasteiger partial charge in [0, 0.05) is 0 Å². The molecule has 0 aliphatic heterocycles. The summed E-state index contributed by atoms with van der Waals surface area (Å²) in [5.41, 5.74) is 0. The molecule has 106 valence electrons. The largest absolute Gasteiger partial charge is 0.520 e. The zero-order valence-corrected chi connectivity index (χ0v) is 13.6. The van der Waals surface area contributed by atoms with Crippen LogP contribution in [-0.4, -0.2) is 14.9 Å². The topological polar surface area (TPSA) is 18.5 Å². The van der Waals surface area contributed by atoms with Gasteiger partial charge in [0.15, 0.2) is 0 Å². The Balaban J connectivity index is 2.53. The van der Waals surface area contributed by atoms with Gasteiger partial charge in [-0.15, -0.1) is 0 Å². The van der Waals surface area contributed by atoms with Crippen LogP contribution in [-0.2, 0) is 9.16 Å². The van der Waals surface area contributed by atoms with Crippen molar-refractivity contribution in [3.05, 3.63) is 12.0 Å². The summed E-state index contributed by atoms with van der Waals surface area (Å²) in [6, 6.07) is 0. The molecule has 1 aliphatic rings. The van der Waals surface area contributed by atoms with E-state index in [0.29, 0.717) is 5.92 Å². The molecule has 1 fully saturated rings. The molecule has 0 bridgehead atoms. The number of hydrogen-bond donors (Lipinski definition) is 0. The first-order chi connectivity index (χ1) is 8.51. The molecule has 0 aromatic carbocycles. The van der Waals surface area contributed by atoms with Crippen molar-refractivity contribution in [1.82, 2.24) is 0 Å². The van der Waals surface area contributed by atoms with Crippen LogP contribution in [0.3, 0.4) is 0 Å². The van der Waals surface area contributed by atoms with Crippen LogP contribution >= 0.6 is 0 Å². The fourth-order valence-electron chi connectivity index (χ4n) is 2.22. The number of unbranched alkanes of at least 4 members (excludes halogenated alkanes) is 1. The summed E-state index contributed by atoms with van der Waals surface area (Å²) >= 11 is 0. The molecule has 1 rings (SSSR count). The Bertz CT molecular complexity index is 250. The van der Waals surface area contributed by atoms with Crippen LogP contribution in [0.1, 0.15) is 51.9 Å². The van der Waals surface area contributed by atoms with Crippen molar-refractivity contribution >= 4 is 8.32 Å². The monoisotopic (exact) mass is 270 g/mol. The maximum atomic E-state index is 6.06. The SMILES string of the molecule is CCCCO/C(=C\C1CCCCC1)O[Si](C)(C)C. The molecule has 1 saturated carbocycles. The van der Waals surface area contributed by atoms with Gasteiger partial charge in [-0.3, -0.25) is 0 Å². The Morgan fingerprint density at radius 2 is 1.83 bits per heavy atom. The lowest BCUT2D eigenvalue weighted by Crippen LogP contribution is -2.26. The average Bonchev–Trinajstić information content (AvgIpc) is 2.28. The first-order valence-corrected chi connectivity index (χ1v) is 11.0. The summed E-state index contributed by atoms with van der Waals surface area (Å²) in [5, 5.41) is 0. The van der Waals surface area contributed by atoms with Crippen LogP contribution < -0.4 is 0 Å². The summed E-state index contributed by atoms with van der Waals surface area (Å²) < 4.78 is 11.9. The van der Waals surface area contributed by atoms with Crippen molar-refractivity contribution in [2.45, 2.75) is 71.5 Å².